The Morgan fingerprint density at radius 2 is 1.65 bits per heavy atom. The van der Waals surface area contributed by atoms with Crippen molar-refractivity contribution in [1.29, 1.82) is 5.26 Å². The van der Waals surface area contributed by atoms with Crippen LogP contribution in [0.1, 0.15) is 16.7 Å². The molecular weight excluding hydrogens is 313 g/mol. The predicted octanol–water partition coefficient (Wildman–Crippen LogP) is 4.36. The van der Waals surface area contributed by atoms with E-state index >= 15 is 0 Å². The summed E-state index contributed by atoms with van der Waals surface area (Å²) in [5.41, 5.74) is 2.57. The predicted molar refractivity (Wildman–Crippen MR) is 87.4 cm³/mol. The second-order valence-electron chi connectivity index (χ2n) is 4.47. The average Bonchev–Trinajstić information content (AvgIpc) is 2.63. The average molecular weight is 329 g/mol. The van der Waals surface area contributed by atoms with Crippen molar-refractivity contribution in [1.82, 2.24) is 0 Å². The standard InChI is InChI=1S/C17H16NO4P/c1-20-23(19,21-2)22-13-17(14-8-4-3-5-9-14)16-11-7-6-10-15(16)12-18/h3-11,13H,1-2H3/b17-13+. The maximum Gasteiger partial charge on any atom is 0.528 e. The van der Waals surface area contributed by atoms with Crippen molar-refractivity contribution in [3.63, 3.8) is 0 Å². The molecule has 0 aliphatic heterocycles. The second-order valence-corrected chi connectivity index (χ2v) is 6.31. The Labute approximate surface area is 135 Å². The molecule has 6 heteroatoms. The van der Waals surface area contributed by atoms with E-state index in [1.165, 1.54) is 20.5 Å². The number of nitrogens with zero attached hydrogens (tertiary/aromatic N) is 1. The first kappa shape index (κ1) is 17.0. The summed E-state index contributed by atoms with van der Waals surface area (Å²) in [6.45, 7) is 0. The number of hydrogen-bond acceptors (Lipinski definition) is 5. The lowest BCUT2D eigenvalue weighted by atomic mass is 9.95. The summed E-state index contributed by atoms with van der Waals surface area (Å²) in [4.78, 5) is 0. The Bertz CT molecular complexity index is 773. The zero-order chi connectivity index (χ0) is 16.7. The minimum Gasteiger partial charge on any atom is -0.411 e. The first-order chi connectivity index (χ1) is 11.1. The molecule has 0 aromatic heterocycles. The van der Waals surface area contributed by atoms with E-state index in [9.17, 15) is 9.83 Å². The first-order valence-electron chi connectivity index (χ1n) is 6.78. The second kappa shape index (κ2) is 7.75. The highest BCUT2D eigenvalue weighted by Gasteiger charge is 2.23. The van der Waals surface area contributed by atoms with Gasteiger partial charge in [-0.2, -0.15) is 5.26 Å². The van der Waals surface area contributed by atoms with Gasteiger partial charge in [-0.15, -0.1) is 0 Å². The van der Waals surface area contributed by atoms with Crippen molar-refractivity contribution in [2.45, 2.75) is 0 Å². The van der Waals surface area contributed by atoms with Crippen LogP contribution in [0.25, 0.3) is 5.57 Å². The van der Waals surface area contributed by atoms with Gasteiger partial charge in [0.2, 0.25) is 0 Å². The molecule has 0 atom stereocenters. The molecule has 0 fully saturated rings. The Kier molecular flexibility index (Phi) is 5.72. The van der Waals surface area contributed by atoms with Crippen molar-refractivity contribution in [3.8, 4) is 6.07 Å². The van der Waals surface area contributed by atoms with E-state index in [-0.39, 0.29) is 0 Å². The molecule has 0 amide bonds. The highest BCUT2D eigenvalue weighted by Crippen LogP contribution is 2.48. The lowest BCUT2D eigenvalue weighted by Crippen LogP contribution is -1.95. The van der Waals surface area contributed by atoms with Gasteiger partial charge in [0.05, 0.1) is 11.6 Å². The summed E-state index contributed by atoms with van der Waals surface area (Å²) in [5.74, 6) is 0. The zero-order valence-electron chi connectivity index (χ0n) is 12.8. The van der Waals surface area contributed by atoms with Crippen LogP contribution in [0.4, 0.5) is 0 Å². The van der Waals surface area contributed by atoms with Crippen molar-refractivity contribution >= 4 is 13.4 Å². The molecule has 2 aromatic rings. The van der Waals surface area contributed by atoms with Crippen molar-refractivity contribution < 1.29 is 18.1 Å². The van der Waals surface area contributed by atoms with Gasteiger partial charge in [0, 0.05) is 25.4 Å². The topological polar surface area (TPSA) is 68.6 Å². The van der Waals surface area contributed by atoms with E-state index in [4.69, 9.17) is 13.6 Å². The van der Waals surface area contributed by atoms with Gasteiger partial charge < -0.3 is 4.52 Å². The smallest absolute Gasteiger partial charge is 0.411 e. The fourth-order valence-electron chi connectivity index (χ4n) is 2.00. The lowest BCUT2D eigenvalue weighted by Gasteiger charge is -2.14. The van der Waals surface area contributed by atoms with Crippen LogP contribution in [-0.2, 0) is 18.1 Å². The molecule has 2 aromatic carbocycles. The normalized spacial score (nSPS) is 11.8. The van der Waals surface area contributed by atoms with E-state index in [0.29, 0.717) is 16.7 Å². The van der Waals surface area contributed by atoms with Crippen LogP contribution in [0.15, 0.2) is 60.9 Å². The summed E-state index contributed by atoms with van der Waals surface area (Å²) in [7, 11) is -1.18. The van der Waals surface area contributed by atoms with E-state index in [2.05, 4.69) is 6.07 Å². The summed E-state index contributed by atoms with van der Waals surface area (Å²) in [5, 5.41) is 9.31. The molecule has 0 heterocycles. The molecule has 0 saturated carbocycles. The van der Waals surface area contributed by atoms with Crippen molar-refractivity contribution in [2.75, 3.05) is 14.2 Å². The van der Waals surface area contributed by atoms with Crippen LogP contribution in [-0.4, -0.2) is 14.2 Å². The molecule has 23 heavy (non-hydrogen) atoms. The van der Waals surface area contributed by atoms with E-state index in [0.717, 1.165) is 5.56 Å². The molecule has 0 saturated heterocycles. The van der Waals surface area contributed by atoms with Gasteiger partial charge in [-0.25, -0.2) is 4.57 Å². The van der Waals surface area contributed by atoms with Crippen LogP contribution in [0, 0.1) is 11.3 Å². The molecule has 0 radical (unpaired) electrons. The van der Waals surface area contributed by atoms with Crippen molar-refractivity contribution in [2.24, 2.45) is 0 Å². The third kappa shape index (κ3) is 4.08. The molecule has 118 valence electrons. The van der Waals surface area contributed by atoms with E-state index in [1.807, 2.05) is 36.4 Å². The number of phosphoric acid groups is 1. The monoisotopic (exact) mass is 329 g/mol. The molecule has 0 aliphatic rings. The summed E-state index contributed by atoms with van der Waals surface area (Å²) < 4.78 is 26.9. The Hall–Kier alpha value is -2.38. The van der Waals surface area contributed by atoms with Crippen molar-refractivity contribution in [3.05, 3.63) is 77.5 Å². The SMILES string of the molecule is COP(=O)(OC)O/C=C(\c1ccccc1)c1ccccc1C#N. The van der Waals surface area contributed by atoms with Gasteiger partial charge in [0.1, 0.15) is 6.26 Å². The Balaban J connectivity index is 2.54. The van der Waals surface area contributed by atoms with Gasteiger partial charge in [0.25, 0.3) is 0 Å². The number of hydrogen-bond donors (Lipinski definition) is 0. The molecular formula is C17H16NO4P. The molecule has 0 N–H and O–H groups in total. The number of phosphoric ester groups is 1. The maximum atomic E-state index is 12.1. The van der Waals surface area contributed by atoms with Gasteiger partial charge in [-0.3, -0.25) is 9.05 Å². The highest BCUT2D eigenvalue weighted by molar-refractivity contribution is 7.48. The van der Waals surface area contributed by atoms with Crippen LogP contribution in [0.2, 0.25) is 0 Å². The summed E-state index contributed by atoms with van der Waals surface area (Å²) >= 11 is 0. The molecule has 5 nitrogen and oxygen atoms in total. The molecule has 2 rings (SSSR count). The molecule has 0 spiro atoms. The van der Waals surface area contributed by atoms with E-state index < -0.39 is 7.82 Å². The van der Waals surface area contributed by atoms with Crippen LogP contribution >= 0.6 is 7.82 Å². The van der Waals surface area contributed by atoms with Crippen LogP contribution < -0.4 is 0 Å². The maximum absolute atomic E-state index is 12.1. The molecule has 0 aliphatic carbocycles. The Morgan fingerprint density at radius 3 is 2.26 bits per heavy atom. The fourth-order valence-corrected chi connectivity index (χ4v) is 2.55. The van der Waals surface area contributed by atoms with Gasteiger partial charge in [0.15, 0.2) is 0 Å². The third-order valence-electron chi connectivity index (χ3n) is 3.17. The number of nitriles is 1. The Morgan fingerprint density at radius 1 is 1.04 bits per heavy atom. The quantitative estimate of drug-likeness (QED) is 0.581. The van der Waals surface area contributed by atoms with E-state index in [1.54, 1.807) is 18.2 Å². The van der Waals surface area contributed by atoms with Crippen LogP contribution in [0.5, 0.6) is 0 Å². The molecule has 0 bridgehead atoms. The van der Waals surface area contributed by atoms with Gasteiger partial charge in [-0.05, 0) is 11.6 Å². The van der Waals surface area contributed by atoms with Crippen LogP contribution in [0.3, 0.4) is 0 Å². The lowest BCUT2D eigenvalue weighted by molar-refractivity contribution is 0.194. The first-order valence-corrected chi connectivity index (χ1v) is 8.24. The summed E-state index contributed by atoms with van der Waals surface area (Å²) in [6, 6.07) is 18.6. The minimum absolute atomic E-state index is 0.482. The zero-order valence-corrected chi connectivity index (χ0v) is 13.7. The third-order valence-corrected chi connectivity index (χ3v) is 4.43. The fraction of sp³-hybridized carbons (Fsp3) is 0.118. The van der Waals surface area contributed by atoms with Gasteiger partial charge >= 0.3 is 7.82 Å². The summed E-state index contributed by atoms with van der Waals surface area (Å²) in [6.07, 6.45) is 1.30. The number of benzene rings is 2. The number of rotatable bonds is 6. The van der Waals surface area contributed by atoms with Gasteiger partial charge in [-0.1, -0.05) is 48.5 Å². The minimum atomic E-state index is -3.66. The largest absolute Gasteiger partial charge is 0.528 e. The molecule has 0 unspecified atom stereocenters. The highest BCUT2D eigenvalue weighted by atomic mass is 31.2.